The number of carboxylic acids is 3. The summed E-state index contributed by atoms with van der Waals surface area (Å²) >= 11 is 0. The number of rotatable bonds is 9. The number of aliphatic carboxylic acids is 3. The summed E-state index contributed by atoms with van der Waals surface area (Å²) in [5.41, 5.74) is 0. The molecule has 17 heavy (non-hydrogen) atoms. The van der Waals surface area contributed by atoms with Gasteiger partial charge >= 0.3 is 17.9 Å². The van der Waals surface area contributed by atoms with Crippen molar-refractivity contribution in [2.24, 2.45) is 5.92 Å². The van der Waals surface area contributed by atoms with E-state index in [-0.39, 0.29) is 18.9 Å². The van der Waals surface area contributed by atoms with Gasteiger partial charge in [0.25, 0.3) is 0 Å². The monoisotopic (exact) mass is 247 g/mol. The Balaban J connectivity index is 3.93. The molecule has 98 valence electrons. The quantitative estimate of drug-likeness (QED) is 0.452. The van der Waals surface area contributed by atoms with Crippen LogP contribution >= 0.6 is 0 Å². The number of hydrogen-bond acceptors (Lipinski definition) is 4. The SMILES string of the molecule is CC(CCNC(CC(=O)O)C(=O)O)CC(=O)O. The molecule has 0 bridgehead atoms. The molecule has 0 saturated heterocycles. The third-order valence-electron chi connectivity index (χ3n) is 2.23. The van der Waals surface area contributed by atoms with Crippen molar-refractivity contribution in [3.8, 4) is 0 Å². The lowest BCUT2D eigenvalue weighted by atomic mass is 10.0. The van der Waals surface area contributed by atoms with Gasteiger partial charge in [-0.3, -0.25) is 14.4 Å². The van der Waals surface area contributed by atoms with E-state index in [1.54, 1.807) is 6.92 Å². The first-order valence-electron chi connectivity index (χ1n) is 5.22. The maximum atomic E-state index is 10.7. The van der Waals surface area contributed by atoms with Crippen LogP contribution < -0.4 is 5.32 Å². The molecule has 2 atom stereocenters. The van der Waals surface area contributed by atoms with Crippen LogP contribution in [0.1, 0.15) is 26.2 Å². The van der Waals surface area contributed by atoms with Crippen LogP contribution in [0.4, 0.5) is 0 Å². The average Bonchev–Trinajstić information content (AvgIpc) is 2.13. The molecule has 0 rings (SSSR count). The van der Waals surface area contributed by atoms with Crippen molar-refractivity contribution in [3.63, 3.8) is 0 Å². The van der Waals surface area contributed by atoms with Gasteiger partial charge in [-0.25, -0.2) is 0 Å². The van der Waals surface area contributed by atoms with E-state index in [1.807, 2.05) is 0 Å². The van der Waals surface area contributed by atoms with Crippen LogP contribution in [0.25, 0.3) is 0 Å². The third kappa shape index (κ3) is 8.21. The molecule has 0 aliphatic heterocycles. The normalized spacial score (nSPS) is 13.9. The van der Waals surface area contributed by atoms with Crippen LogP contribution in [0.2, 0.25) is 0 Å². The first-order chi connectivity index (χ1) is 7.82. The van der Waals surface area contributed by atoms with Crippen LogP contribution in [0.5, 0.6) is 0 Å². The highest BCUT2D eigenvalue weighted by molar-refractivity contribution is 5.80. The van der Waals surface area contributed by atoms with Crippen molar-refractivity contribution in [2.45, 2.75) is 32.2 Å². The van der Waals surface area contributed by atoms with Gasteiger partial charge in [-0.2, -0.15) is 0 Å². The Bertz CT molecular complexity index is 291. The zero-order valence-corrected chi connectivity index (χ0v) is 9.55. The standard InChI is InChI=1S/C10H17NO6/c1-6(4-8(12)13)2-3-11-7(10(16)17)5-9(14)15/h6-7,11H,2-5H2,1H3,(H,12,13)(H,14,15)(H,16,17). The van der Waals surface area contributed by atoms with Crippen molar-refractivity contribution in [3.05, 3.63) is 0 Å². The van der Waals surface area contributed by atoms with E-state index in [2.05, 4.69) is 5.32 Å². The van der Waals surface area contributed by atoms with Crippen molar-refractivity contribution in [1.29, 1.82) is 0 Å². The van der Waals surface area contributed by atoms with E-state index in [0.717, 1.165) is 0 Å². The highest BCUT2D eigenvalue weighted by Crippen LogP contribution is 2.06. The molecule has 2 unspecified atom stereocenters. The van der Waals surface area contributed by atoms with Crippen LogP contribution in [0.3, 0.4) is 0 Å². The molecular formula is C10H17NO6. The second kappa shape index (κ2) is 7.61. The van der Waals surface area contributed by atoms with Crippen LogP contribution in [0, 0.1) is 5.92 Å². The molecule has 0 aliphatic carbocycles. The molecule has 7 heteroatoms. The van der Waals surface area contributed by atoms with Gasteiger partial charge in [0, 0.05) is 6.42 Å². The minimum Gasteiger partial charge on any atom is -0.481 e. The van der Waals surface area contributed by atoms with E-state index < -0.39 is 30.4 Å². The number of nitrogens with one attached hydrogen (secondary N) is 1. The molecule has 0 fully saturated rings. The predicted octanol–water partition coefficient (Wildman–Crippen LogP) is 0.00480. The molecule has 0 aromatic heterocycles. The van der Waals surface area contributed by atoms with Crippen molar-refractivity contribution >= 4 is 17.9 Å². The Hall–Kier alpha value is -1.63. The fourth-order valence-corrected chi connectivity index (χ4v) is 1.33. The Kier molecular flexibility index (Phi) is 6.88. The smallest absolute Gasteiger partial charge is 0.321 e. The first-order valence-corrected chi connectivity index (χ1v) is 5.22. The van der Waals surface area contributed by atoms with E-state index in [1.165, 1.54) is 0 Å². The summed E-state index contributed by atoms with van der Waals surface area (Å²) in [6.07, 6.45) is -0.00328. The van der Waals surface area contributed by atoms with Gasteiger partial charge < -0.3 is 20.6 Å². The number of carbonyl (C=O) groups is 3. The van der Waals surface area contributed by atoms with Gasteiger partial charge in [0.05, 0.1) is 6.42 Å². The first kappa shape index (κ1) is 15.4. The van der Waals surface area contributed by atoms with Crippen molar-refractivity contribution in [1.82, 2.24) is 5.32 Å². The van der Waals surface area contributed by atoms with E-state index >= 15 is 0 Å². The fourth-order valence-electron chi connectivity index (χ4n) is 1.33. The van der Waals surface area contributed by atoms with E-state index in [0.29, 0.717) is 6.42 Å². The minimum absolute atomic E-state index is 0.0123. The van der Waals surface area contributed by atoms with Gasteiger partial charge in [-0.1, -0.05) is 6.92 Å². The summed E-state index contributed by atoms with van der Waals surface area (Å²) in [5, 5.41) is 28.3. The zero-order chi connectivity index (χ0) is 13.4. The fraction of sp³-hybridized carbons (Fsp3) is 0.700. The lowest BCUT2D eigenvalue weighted by molar-refractivity contribution is -0.146. The number of hydrogen-bond donors (Lipinski definition) is 4. The van der Waals surface area contributed by atoms with Gasteiger partial charge in [-0.05, 0) is 18.9 Å². The summed E-state index contributed by atoms with van der Waals surface area (Å²) < 4.78 is 0. The molecule has 0 aromatic carbocycles. The highest BCUT2D eigenvalue weighted by atomic mass is 16.4. The molecule has 4 N–H and O–H groups in total. The summed E-state index contributed by atoms with van der Waals surface area (Å²) in [4.78, 5) is 31.4. The van der Waals surface area contributed by atoms with Crippen molar-refractivity contribution < 1.29 is 29.7 Å². The molecule has 0 spiro atoms. The second-order valence-electron chi connectivity index (χ2n) is 3.93. The predicted molar refractivity (Wildman–Crippen MR) is 57.7 cm³/mol. The maximum absolute atomic E-state index is 10.7. The van der Waals surface area contributed by atoms with Crippen LogP contribution in [0.15, 0.2) is 0 Å². The molecular weight excluding hydrogens is 230 g/mol. The van der Waals surface area contributed by atoms with Gasteiger partial charge in [-0.15, -0.1) is 0 Å². The Labute approximate surface area is 98.4 Å². The number of carboxylic acid groups (broad SMARTS) is 3. The minimum atomic E-state index is -1.22. The van der Waals surface area contributed by atoms with Gasteiger partial charge in [0.2, 0.25) is 0 Å². The second-order valence-corrected chi connectivity index (χ2v) is 3.93. The summed E-state index contributed by atoms with van der Waals surface area (Å²) in [6.45, 7) is 2.02. The highest BCUT2D eigenvalue weighted by Gasteiger charge is 2.20. The Morgan fingerprint density at radius 1 is 1.06 bits per heavy atom. The lowest BCUT2D eigenvalue weighted by Crippen LogP contribution is -2.39. The molecule has 0 heterocycles. The van der Waals surface area contributed by atoms with E-state index in [4.69, 9.17) is 15.3 Å². The van der Waals surface area contributed by atoms with Crippen molar-refractivity contribution in [2.75, 3.05) is 6.54 Å². The van der Waals surface area contributed by atoms with Gasteiger partial charge in [0.1, 0.15) is 6.04 Å². The third-order valence-corrected chi connectivity index (χ3v) is 2.23. The van der Waals surface area contributed by atoms with Crippen LogP contribution in [-0.2, 0) is 14.4 Å². The Morgan fingerprint density at radius 3 is 2.00 bits per heavy atom. The molecule has 7 nitrogen and oxygen atoms in total. The molecule has 0 radical (unpaired) electrons. The average molecular weight is 247 g/mol. The summed E-state index contributed by atoms with van der Waals surface area (Å²) in [5.74, 6) is -3.40. The molecule has 0 aliphatic rings. The zero-order valence-electron chi connectivity index (χ0n) is 9.55. The van der Waals surface area contributed by atoms with Gasteiger partial charge in [0.15, 0.2) is 0 Å². The summed E-state index contributed by atoms with van der Waals surface area (Å²) in [6, 6.07) is -1.13. The molecule has 0 amide bonds. The largest absolute Gasteiger partial charge is 0.481 e. The molecule has 0 aromatic rings. The maximum Gasteiger partial charge on any atom is 0.321 e. The lowest BCUT2D eigenvalue weighted by Gasteiger charge is -2.14. The van der Waals surface area contributed by atoms with Crippen LogP contribution in [-0.4, -0.2) is 45.8 Å². The Morgan fingerprint density at radius 2 is 1.59 bits per heavy atom. The van der Waals surface area contributed by atoms with E-state index in [9.17, 15) is 14.4 Å². The topological polar surface area (TPSA) is 124 Å². The summed E-state index contributed by atoms with van der Waals surface area (Å²) in [7, 11) is 0. The molecule has 0 saturated carbocycles.